The molecule has 7 N–H and O–H groups in total. The van der Waals surface area contributed by atoms with Crippen LogP contribution in [0.1, 0.15) is 10.4 Å². The second kappa shape index (κ2) is 5.30. The lowest BCUT2D eigenvalue weighted by Gasteiger charge is -2.02. The van der Waals surface area contributed by atoms with Crippen LogP contribution in [0.5, 0.6) is 0 Å². The zero-order chi connectivity index (χ0) is 13.0. The first-order valence-corrected chi connectivity index (χ1v) is 5.16. The van der Waals surface area contributed by atoms with Crippen molar-refractivity contribution in [2.24, 2.45) is 27.2 Å². The molecule has 90 valence electrons. The summed E-state index contributed by atoms with van der Waals surface area (Å²) >= 11 is 3.12. The summed E-state index contributed by atoms with van der Waals surface area (Å²) in [5.74, 6) is -1.46. The van der Waals surface area contributed by atoms with E-state index in [4.69, 9.17) is 22.3 Å². The molecule has 7 nitrogen and oxygen atoms in total. The first-order valence-electron chi connectivity index (χ1n) is 4.37. The third kappa shape index (κ3) is 3.45. The van der Waals surface area contributed by atoms with Crippen LogP contribution in [0.15, 0.2) is 32.7 Å². The number of rotatable bonds is 2. The summed E-state index contributed by atoms with van der Waals surface area (Å²) in [6.07, 6.45) is 0. The third-order valence-electron chi connectivity index (χ3n) is 1.69. The molecule has 0 aliphatic rings. The first kappa shape index (κ1) is 13.0. The van der Waals surface area contributed by atoms with Gasteiger partial charge in [-0.3, -0.25) is 0 Å². The van der Waals surface area contributed by atoms with Gasteiger partial charge in [-0.15, -0.1) is 0 Å². The van der Waals surface area contributed by atoms with Crippen molar-refractivity contribution in [3.63, 3.8) is 0 Å². The van der Waals surface area contributed by atoms with Crippen molar-refractivity contribution in [3.05, 3.63) is 28.2 Å². The number of nitrogens with zero attached hydrogens (tertiary/aromatic N) is 2. The van der Waals surface area contributed by atoms with Crippen LogP contribution in [0.3, 0.4) is 0 Å². The van der Waals surface area contributed by atoms with E-state index < -0.39 is 5.97 Å². The molecule has 0 amide bonds. The smallest absolute Gasteiger partial charge is 0.336 e. The zero-order valence-corrected chi connectivity index (χ0v) is 10.2. The Morgan fingerprint density at radius 3 is 2.47 bits per heavy atom. The van der Waals surface area contributed by atoms with E-state index >= 15 is 0 Å². The van der Waals surface area contributed by atoms with Gasteiger partial charge >= 0.3 is 5.97 Å². The molecule has 1 rings (SSSR count). The van der Waals surface area contributed by atoms with Gasteiger partial charge in [0.2, 0.25) is 5.96 Å². The minimum atomic E-state index is -1.07. The fourth-order valence-electron chi connectivity index (χ4n) is 1.05. The van der Waals surface area contributed by atoms with Crippen molar-refractivity contribution in [2.45, 2.75) is 0 Å². The van der Waals surface area contributed by atoms with Crippen LogP contribution in [-0.2, 0) is 0 Å². The highest BCUT2D eigenvalue weighted by Gasteiger charge is 2.11. The molecule has 8 heteroatoms. The van der Waals surface area contributed by atoms with Gasteiger partial charge in [0.25, 0.3) is 0 Å². The molecule has 0 saturated heterocycles. The molecule has 0 aliphatic carbocycles. The predicted octanol–water partition coefficient (Wildman–Crippen LogP) is 0.367. The fourth-order valence-corrected chi connectivity index (χ4v) is 1.57. The van der Waals surface area contributed by atoms with E-state index in [1.807, 2.05) is 0 Å². The lowest BCUT2D eigenvalue weighted by atomic mass is 10.2. The number of guanidine groups is 2. The molecular formula is C9H10BrN5O2. The Morgan fingerprint density at radius 1 is 1.29 bits per heavy atom. The van der Waals surface area contributed by atoms with Gasteiger partial charge in [0.05, 0.1) is 15.7 Å². The summed E-state index contributed by atoms with van der Waals surface area (Å²) in [6.45, 7) is 0. The molecule has 0 aliphatic heterocycles. The van der Waals surface area contributed by atoms with E-state index in [-0.39, 0.29) is 17.5 Å². The zero-order valence-electron chi connectivity index (χ0n) is 8.59. The number of aromatic carboxylic acids is 1. The maximum absolute atomic E-state index is 10.9. The Balaban J connectivity index is 3.21. The number of hydrogen-bond donors (Lipinski definition) is 4. The highest BCUT2D eigenvalue weighted by Crippen LogP contribution is 2.28. The van der Waals surface area contributed by atoms with Crippen LogP contribution < -0.4 is 17.2 Å². The monoisotopic (exact) mass is 299 g/mol. The van der Waals surface area contributed by atoms with E-state index in [0.717, 1.165) is 0 Å². The SMILES string of the molecule is NC(N)=NC(N)=Nc1cccc(C(=O)O)c1Br. The van der Waals surface area contributed by atoms with Crippen LogP contribution in [0, 0.1) is 0 Å². The molecule has 0 heterocycles. The Kier molecular flexibility index (Phi) is 4.05. The molecule has 0 fully saturated rings. The van der Waals surface area contributed by atoms with Crippen LogP contribution in [0.2, 0.25) is 0 Å². The number of carboxylic acid groups (broad SMARTS) is 1. The number of hydrogen-bond acceptors (Lipinski definition) is 2. The number of aliphatic imine (C=N–C) groups is 2. The number of carboxylic acids is 1. The predicted molar refractivity (Wildman–Crippen MR) is 68.2 cm³/mol. The first-order chi connectivity index (χ1) is 7.91. The Morgan fingerprint density at radius 2 is 1.94 bits per heavy atom. The summed E-state index contributed by atoms with van der Waals surface area (Å²) in [5, 5.41) is 8.89. The van der Waals surface area contributed by atoms with Gasteiger partial charge in [-0.2, -0.15) is 4.99 Å². The van der Waals surface area contributed by atoms with Crippen LogP contribution >= 0.6 is 15.9 Å². The largest absolute Gasteiger partial charge is 0.478 e. The van der Waals surface area contributed by atoms with E-state index in [1.165, 1.54) is 12.1 Å². The second-order valence-electron chi connectivity index (χ2n) is 2.95. The van der Waals surface area contributed by atoms with Crippen molar-refractivity contribution >= 4 is 39.5 Å². The molecule has 0 atom stereocenters. The normalized spacial score (nSPS) is 11.0. The maximum Gasteiger partial charge on any atom is 0.336 e. The van der Waals surface area contributed by atoms with E-state index in [2.05, 4.69) is 25.9 Å². The Labute approximate surface area is 105 Å². The molecule has 0 aromatic heterocycles. The lowest BCUT2D eigenvalue weighted by Crippen LogP contribution is -2.26. The Bertz CT molecular complexity index is 508. The number of halogens is 1. The average Bonchev–Trinajstić information content (AvgIpc) is 2.19. The summed E-state index contributed by atoms with van der Waals surface area (Å²) in [7, 11) is 0. The van der Waals surface area contributed by atoms with Gasteiger partial charge in [-0.1, -0.05) is 6.07 Å². The van der Waals surface area contributed by atoms with Crippen molar-refractivity contribution in [1.82, 2.24) is 0 Å². The van der Waals surface area contributed by atoms with Gasteiger partial charge in [-0.05, 0) is 28.1 Å². The molecule has 0 unspecified atom stereocenters. The molecule has 0 spiro atoms. The van der Waals surface area contributed by atoms with E-state index in [1.54, 1.807) is 6.07 Å². The van der Waals surface area contributed by atoms with E-state index in [0.29, 0.717) is 10.2 Å². The highest BCUT2D eigenvalue weighted by molar-refractivity contribution is 9.10. The lowest BCUT2D eigenvalue weighted by molar-refractivity contribution is 0.0696. The molecule has 0 radical (unpaired) electrons. The summed E-state index contributed by atoms with van der Waals surface area (Å²) in [5.41, 5.74) is 16.1. The molecule has 1 aromatic carbocycles. The standard InChI is InChI=1S/C9H10BrN5O2/c10-6-4(7(16)17)2-1-3-5(6)14-9(13)15-8(11)12/h1-3H,(H,16,17)(H6,11,12,13,14,15). The molecule has 0 bridgehead atoms. The topological polar surface area (TPSA) is 140 Å². The van der Waals surface area contributed by atoms with Gasteiger partial charge in [0.15, 0.2) is 5.96 Å². The van der Waals surface area contributed by atoms with Crippen LogP contribution in [-0.4, -0.2) is 23.0 Å². The van der Waals surface area contributed by atoms with Crippen molar-refractivity contribution in [2.75, 3.05) is 0 Å². The molecular weight excluding hydrogens is 290 g/mol. The minimum Gasteiger partial charge on any atom is -0.478 e. The highest BCUT2D eigenvalue weighted by atomic mass is 79.9. The van der Waals surface area contributed by atoms with Gasteiger partial charge in [0.1, 0.15) is 0 Å². The van der Waals surface area contributed by atoms with Crippen LogP contribution in [0.4, 0.5) is 5.69 Å². The molecule has 0 saturated carbocycles. The third-order valence-corrected chi connectivity index (χ3v) is 2.52. The van der Waals surface area contributed by atoms with Crippen LogP contribution in [0.25, 0.3) is 0 Å². The van der Waals surface area contributed by atoms with Crippen molar-refractivity contribution in [1.29, 1.82) is 0 Å². The van der Waals surface area contributed by atoms with Crippen molar-refractivity contribution in [3.8, 4) is 0 Å². The van der Waals surface area contributed by atoms with Gasteiger partial charge in [-0.25, -0.2) is 9.79 Å². The number of nitrogens with two attached hydrogens (primary N) is 3. The van der Waals surface area contributed by atoms with Gasteiger partial charge < -0.3 is 22.3 Å². The summed E-state index contributed by atoms with van der Waals surface area (Å²) in [4.78, 5) is 18.3. The molecule has 17 heavy (non-hydrogen) atoms. The summed E-state index contributed by atoms with van der Waals surface area (Å²) < 4.78 is 0.307. The fraction of sp³-hybridized carbons (Fsp3) is 0. The van der Waals surface area contributed by atoms with E-state index in [9.17, 15) is 4.79 Å². The summed E-state index contributed by atoms with van der Waals surface area (Å²) in [6, 6.07) is 4.55. The number of carbonyl (C=O) groups is 1. The second-order valence-corrected chi connectivity index (χ2v) is 3.74. The minimum absolute atomic E-state index is 0.0729. The average molecular weight is 300 g/mol. The molecule has 1 aromatic rings. The number of benzene rings is 1. The van der Waals surface area contributed by atoms with Gasteiger partial charge in [0, 0.05) is 0 Å². The quantitative estimate of drug-likeness (QED) is 0.461. The Hall–Kier alpha value is -2.09. The maximum atomic E-state index is 10.9. The van der Waals surface area contributed by atoms with Crippen molar-refractivity contribution < 1.29 is 9.90 Å².